The third kappa shape index (κ3) is 6.29. The summed E-state index contributed by atoms with van der Waals surface area (Å²) in [6.45, 7) is 8.37. The molecule has 6 atom stereocenters. The van der Waals surface area contributed by atoms with Gasteiger partial charge in [-0.15, -0.1) is 0 Å². The topological polar surface area (TPSA) is 114 Å². The number of carbonyl (C=O) groups is 4. The standard InChI is InChI=1S/C17H26O9/c1-8-9(2)15(23-11(4)19)16(24-12(5)20)17(25-13(6)21)26-14(8)7-22-10(3)18/h8-9,14-17H,7H2,1-6H3/t8-,9-,14+,15+,16+,17?/m0/s1. The van der Waals surface area contributed by atoms with E-state index >= 15 is 0 Å². The normalized spacial score (nSPS) is 31.3. The van der Waals surface area contributed by atoms with Gasteiger partial charge in [0.15, 0.2) is 0 Å². The van der Waals surface area contributed by atoms with Crippen molar-refractivity contribution in [1.29, 1.82) is 0 Å². The molecule has 1 fully saturated rings. The zero-order chi connectivity index (χ0) is 20.0. The number of carbonyl (C=O) groups excluding carboxylic acids is 4. The molecule has 0 aromatic rings. The summed E-state index contributed by atoms with van der Waals surface area (Å²) in [7, 11) is 0. The first-order valence-electron chi connectivity index (χ1n) is 8.33. The fourth-order valence-corrected chi connectivity index (χ4v) is 2.79. The van der Waals surface area contributed by atoms with Crippen molar-refractivity contribution in [3.05, 3.63) is 0 Å². The predicted octanol–water partition coefficient (Wildman–Crippen LogP) is 0.973. The zero-order valence-corrected chi connectivity index (χ0v) is 15.8. The molecule has 1 unspecified atom stereocenters. The zero-order valence-electron chi connectivity index (χ0n) is 15.8. The molecule has 1 rings (SSSR count). The van der Waals surface area contributed by atoms with Gasteiger partial charge in [-0.3, -0.25) is 19.2 Å². The Bertz CT molecular complexity index is 542. The van der Waals surface area contributed by atoms with Crippen LogP contribution in [0.5, 0.6) is 0 Å². The fraction of sp³-hybridized carbons (Fsp3) is 0.765. The highest BCUT2D eigenvalue weighted by Crippen LogP contribution is 2.34. The van der Waals surface area contributed by atoms with E-state index in [2.05, 4.69) is 0 Å². The number of rotatable bonds is 5. The second-order valence-electron chi connectivity index (χ2n) is 6.32. The summed E-state index contributed by atoms with van der Waals surface area (Å²) in [5.41, 5.74) is 0. The molecule has 148 valence electrons. The monoisotopic (exact) mass is 374 g/mol. The Morgan fingerprint density at radius 2 is 1.23 bits per heavy atom. The molecular formula is C17H26O9. The van der Waals surface area contributed by atoms with Gasteiger partial charge in [-0.25, -0.2) is 0 Å². The average Bonchev–Trinajstić information content (AvgIpc) is 2.57. The molecule has 0 aromatic carbocycles. The molecule has 0 N–H and O–H groups in total. The molecule has 0 aliphatic carbocycles. The van der Waals surface area contributed by atoms with Crippen molar-refractivity contribution in [3.63, 3.8) is 0 Å². The summed E-state index contributed by atoms with van der Waals surface area (Å²) in [5.74, 6) is -2.99. The maximum atomic E-state index is 11.6. The van der Waals surface area contributed by atoms with E-state index < -0.39 is 48.5 Å². The third-order valence-electron chi connectivity index (χ3n) is 4.17. The van der Waals surface area contributed by atoms with Crippen molar-refractivity contribution in [3.8, 4) is 0 Å². The van der Waals surface area contributed by atoms with E-state index in [9.17, 15) is 19.2 Å². The van der Waals surface area contributed by atoms with E-state index in [-0.39, 0.29) is 18.4 Å². The van der Waals surface area contributed by atoms with Crippen LogP contribution < -0.4 is 0 Å². The minimum atomic E-state index is -1.31. The van der Waals surface area contributed by atoms with Crippen LogP contribution in [-0.2, 0) is 42.9 Å². The Labute approximate surface area is 152 Å². The number of ether oxygens (including phenoxy) is 5. The molecule has 1 aliphatic heterocycles. The van der Waals surface area contributed by atoms with Gasteiger partial charge in [0.25, 0.3) is 0 Å². The largest absolute Gasteiger partial charge is 0.463 e. The van der Waals surface area contributed by atoms with Crippen LogP contribution in [0.2, 0.25) is 0 Å². The van der Waals surface area contributed by atoms with Gasteiger partial charge < -0.3 is 23.7 Å². The van der Waals surface area contributed by atoms with Gasteiger partial charge in [0.2, 0.25) is 12.4 Å². The van der Waals surface area contributed by atoms with Gasteiger partial charge in [-0.2, -0.15) is 0 Å². The van der Waals surface area contributed by atoms with Gasteiger partial charge in [0.05, 0.1) is 6.10 Å². The van der Waals surface area contributed by atoms with Gasteiger partial charge in [-0.05, 0) is 5.92 Å². The minimum Gasteiger partial charge on any atom is -0.463 e. The summed E-state index contributed by atoms with van der Waals surface area (Å²) < 4.78 is 26.6. The summed E-state index contributed by atoms with van der Waals surface area (Å²) in [5, 5.41) is 0. The summed E-state index contributed by atoms with van der Waals surface area (Å²) in [6.07, 6.45) is -4.02. The van der Waals surface area contributed by atoms with Gasteiger partial charge in [0, 0.05) is 33.6 Å². The molecule has 0 radical (unpaired) electrons. The minimum absolute atomic E-state index is 0.0851. The third-order valence-corrected chi connectivity index (χ3v) is 4.17. The van der Waals surface area contributed by atoms with Crippen molar-refractivity contribution in [2.24, 2.45) is 11.8 Å². The smallest absolute Gasteiger partial charge is 0.305 e. The second-order valence-corrected chi connectivity index (χ2v) is 6.32. The highest BCUT2D eigenvalue weighted by atomic mass is 16.7. The van der Waals surface area contributed by atoms with Crippen molar-refractivity contribution < 1.29 is 42.9 Å². The molecule has 0 aromatic heterocycles. The van der Waals surface area contributed by atoms with Crippen LogP contribution in [0.25, 0.3) is 0 Å². The number of hydrogen-bond acceptors (Lipinski definition) is 9. The molecule has 0 saturated carbocycles. The van der Waals surface area contributed by atoms with Crippen molar-refractivity contribution >= 4 is 23.9 Å². The lowest BCUT2D eigenvalue weighted by atomic mass is 9.85. The summed E-state index contributed by atoms with van der Waals surface area (Å²) in [6, 6.07) is 0. The Hall–Kier alpha value is -2.16. The Kier molecular flexibility index (Phi) is 8.01. The number of esters is 4. The molecule has 0 amide bonds. The Morgan fingerprint density at radius 1 is 0.731 bits per heavy atom. The van der Waals surface area contributed by atoms with Crippen molar-refractivity contribution in [2.45, 2.75) is 66.1 Å². The van der Waals surface area contributed by atoms with Gasteiger partial charge in [-0.1, -0.05) is 13.8 Å². The van der Waals surface area contributed by atoms with E-state index in [1.165, 1.54) is 27.7 Å². The SMILES string of the molecule is CC(=O)OC[C@H]1OC(OC(C)=O)[C@H](OC(C)=O)[C@H](OC(C)=O)[C@@H](C)[C@@H]1C. The van der Waals surface area contributed by atoms with E-state index in [0.29, 0.717) is 0 Å². The maximum absolute atomic E-state index is 11.6. The van der Waals surface area contributed by atoms with E-state index in [0.717, 1.165) is 0 Å². The quantitative estimate of drug-likeness (QED) is 0.513. The molecular weight excluding hydrogens is 348 g/mol. The first-order chi connectivity index (χ1) is 12.0. The summed E-state index contributed by atoms with van der Waals surface area (Å²) >= 11 is 0. The summed E-state index contributed by atoms with van der Waals surface area (Å²) in [4.78, 5) is 45.7. The van der Waals surface area contributed by atoms with Crippen LogP contribution in [0, 0.1) is 11.8 Å². The second kappa shape index (κ2) is 9.51. The molecule has 1 heterocycles. The predicted molar refractivity (Wildman–Crippen MR) is 86.5 cm³/mol. The lowest BCUT2D eigenvalue weighted by Gasteiger charge is -2.32. The highest BCUT2D eigenvalue weighted by Gasteiger charge is 2.48. The van der Waals surface area contributed by atoms with Gasteiger partial charge in [0.1, 0.15) is 12.7 Å². The molecule has 9 nitrogen and oxygen atoms in total. The molecule has 1 saturated heterocycles. The van der Waals surface area contributed by atoms with Crippen LogP contribution in [0.3, 0.4) is 0 Å². The van der Waals surface area contributed by atoms with Crippen LogP contribution in [0.1, 0.15) is 41.5 Å². The van der Waals surface area contributed by atoms with Crippen LogP contribution in [-0.4, -0.2) is 55.1 Å². The van der Waals surface area contributed by atoms with E-state index in [1.807, 2.05) is 6.92 Å². The molecule has 9 heteroatoms. The maximum Gasteiger partial charge on any atom is 0.305 e. The van der Waals surface area contributed by atoms with E-state index in [4.69, 9.17) is 23.7 Å². The number of hydrogen-bond donors (Lipinski definition) is 0. The van der Waals surface area contributed by atoms with Gasteiger partial charge >= 0.3 is 23.9 Å². The van der Waals surface area contributed by atoms with E-state index in [1.54, 1.807) is 6.92 Å². The van der Waals surface area contributed by atoms with Crippen molar-refractivity contribution in [1.82, 2.24) is 0 Å². The molecule has 0 spiro atoms. The molecule has 26 heavy (non-hydrogen) atoms. The average molecular weight is 374 g/mol. The molecule has 1 aliphatic rings. The first kappa shape index (κ1) is 21.9. The fourth-order valence-electron chi connectivity index (χ4n) is 2.79. The van der Waals surface area contributed by atoms with Crippen LogP contribution >= 0.6 is 0 Å². The highest BCUT2D eigenvalue weighted by molar-refractivity contribution is 5.68. The first-order valence-corrected chi connectivity index (χ1v) is 8.33. The van der Waals surface area contributed by atoms with Crippen LogP contribution in [0.4, 0.5) is 0 Å². The Balaban J connectivity index is 3.24. The lowest BCUT2D eigenvalue weighted by Crippen LogP contribution is -2.47. The lowest BCUT2D eigenvalue weighted by molar-refractivity contribution is -0.237. The van der Waals surface area contributed by atoms with Crippen molar-refractivity contribution in [2.75, 3.05) is 6.61 Å². The van der Waals surface area contributed by atoms with Crippen LogP contribution in [0.15, 0.2) is 0 Å². The Morgan fingerprint density at radius 3 is 1.69 bits per heavy atom. The molecule has 0 bridgehead atoms.